The summed E-state index contributed by atoms with van der Waals surface area (Å²) in [7, 11) is 0. The predicted molar refractivity (Wildman–Crippen MR) is 187 cm³/mol. The van der Waals surface area contributed by atoms with Crippen LogP contribution in [0, 0.1) is 0 Å². The summed E-state index contributed by atoms with van der Waals surface area (Å²) in [5.74, 6) is -0.0262. The molecule has 5 aromatic rings. The number of halogens is 3. The second-order valence-electron chi connectivity index (χ2n) is 13.4. The molecule has 282 valence electrons. The lowest BCUT2D eigenvalue weighted by Gasteiger charge is -2.32. The van der Waals surface area contributed by atoms with Crippen molar-refractivity contribution < 1.29 is 38.0 Å². The molecular weight excluding hydrogens is 720 g/mol. The van der Waals surface area contributed by atoms with Gasteiger partial charge in [0.15, 0.2) is 58.2 Å². The van der Waals surface area contributed by atoms with E-state index in [1.54, 1.807) is 37.3 Å². The molecule has 6 N–H and O–H groups in total. The van der Waals surface area contributed by atoms with Gasteiger partial charge in [0.2, 0.25) is 11.9 Å². The molecule has 0 aliphatic carbocycles. The van der Waals surface area contributed by atoms with Crippen LogP contribution in [0.25, 0.3) is 22.3 Å². The van der Waals surface area contributed by atoms with E-state index in [0.717, 1.165) is 19.5 Å². The number of ether oxygens (including phenoxy) is 3. The Labute approximate surface area is 305 Å². The number of rotatable bonds is 7. The van der Waals surface area contributed by atoms with Crippen LogP contribution in [0.2, 0.25) is 5.15 Å². The second kappa shape index (κ2) is 13.9. The average molecular weight is 758 g/mol. The summed E-state index contributed by atoms with van der Waals surface area (Å²) in [6, 6.07) is 8.38. The number of fused-ring (bicyclic) bond motifs is 2. The number of aliphatic hydroxyl groups is 2. The van der Waals surface area contributed by atoms with E-state index < -0.39 is 60.8 Å². The molecule has 3 saturated heterocycles. The predicted octanol–water partition coefficient (Wildman–Crippen LogP) is 2.92. The van der Waals surface area contributed by atoms with Crippen LogP contribution in [0.3, 0.4) is 0 Å². The first-order valence-electron chi connectivity index (χ1n) is 16.9. The third-order valence-electron chi connectivity index (χ3n) is 9.74. The van der Waals surface area contributed by atoms with Crippen LogP contribution in [-0.4, -0.2) is 111 Å². The van der Waals surface area contributed by atoms with Gasteiger partial charge < -0.3 is 40.8 Å². The third kappa shape index (κ3) is 6.25. The summed E-state index contributed by atoms with van der Waals surface area (Å²) in [5, 5.41) is 19.8. The van der Waals surface area contributed by atoms with Gasteiger partial charge in [0.1, 0.15) is 17.2 Å². The molecule has 3 aliphatic rings. The third-order valence-corrected chi connectivity index (χ3v) is 10.0. The molecule has 8 rings (SSSR count). The summed E-state index contributed by atoms with van der Waals surface area (Å²) in [5.41, 5.74) is 9.79. The Morgan fingerprint density at radius 2 is 1.55 bits per heavy atom. The Morgan fingerprint density at radius 1 is 0.943 bits per heavy atom. The molecule has 20 heteroatoms. The lowest BCUT2D eigenvalue weighted by atomic mass is 9.96. The van der Waals surface area contributed by atoms with Crippen LogP contribution >= 0.6 is 11.6 Å². The van der Waals surface area contributed by atoms with E-state index in [9.17, 15) is 19.4 Å². The Bertz CT molecular complexity index is 2140. The number of alkyl halides is 2. The van der Waals surface area contributed by atoms with Crippen molar-refractivity contribution in [2.45, 2.75) is 81.8 Å². The minimum absolute atomic E-state index is 0.0610. The van der Waals surface area contributed by atoms with Crippen LogP contribution in [0.1, 0.15) is 56.4 Å². The van der Waals surface area contributed by atoms with E-state index in [1.165, 1.54) is 35.6 Å². The van der Waals surface area contributed by atoms with Crippen molar-refractivity contribution in [2.75, 3.05) is 36.1 Å². The molecule has 8 atom stereocenters. The molecule has 4 aromatic heterocycles. The Balaban J connectivity index is 0.000000167. The molecule has 17 nitrogen and oxygen atoms in total. The average Bonchev–Trinajstić information content (AvgIpc) is 3.83. The van der Waals surface area contributed by atoms with Crippen molar-refractivity contribution in [1.29, 1.82) is 0 Å². The lowest BCUT2D eigenvalue weighted by molar-refractivity contribution is -0.0974. The van der Waals surface area contributed by atoms with Gasteiger partial charge in [-0.25, -0.2) is 23.5 Å². The molecule has 0 spiro atoms. The van der Waals surface area contributed by atoms with E-state index in [0.29, 0.717) is 29.0 Å². The fourth-order valence-corrected chi connectivity index (χ4v) is 6.95. The summed E-state index contributed by atoms with van der Waals surface area (Å²) in [4.78, 5) is 39.7. The van der Waals surface area contributed by atoms with E-state index in [-0.39, 0.29) is 28.2 Å². The van der Waals surface area contributed by atoms with Gasteiger partial charge in [0.05, 0.1) is 30.9 Å². The Morgan fingerprint density at radius 3 is 2.15 bits per heavy atom. The Kier molecular flexibility index (Phi) is 9.56. The number of benzene rings is 1. The van der Waals surface area contributed by atoms with Gasteiger partial charge in [-0.3, -0.25) is 9.13 Å². The van der Waals surface area contributed by atoms with Crippen molar-refractivity contribution in [3.05, 3.63) is 53.7 Å². The summed E-state index contributed by atoms with van der Waals surface area (Å²) < 4.78 is 49.8. The highest BCUT2D eigenvalue weighted by Gasteiger charge is 2.58. The fraction of sp³-hybridized carbons (Fsp3) is 0.485. The number of hydrogen-bond acceptors (Lipinski definition) is 15. The van der Waals surface area contributed by atoms with Gasteiger partial charge in [-0.1, -0.05) is 36.7 Å². The zero-order chi connectivity index (χ0) is 37.8. The molecular formula is C33H38ClF2N11O6. The summed E-state index contributed by atoms with van der Waals surface area (Å²) in [6.45, 7) is 5.80. The van der Waals surface area contributed by atoms with Gasteiger partial charge in [0.25, 0.3) is 0 Å². The number of nitrogens with two attached hydrogens (primary N) is 2. The smallest absolute Gasteiger partial charge is 0.338 e. The zero-order valence-electron chi connectivity index (χ0n) is 28.9. The van der Waals surface area contributed by atoms with Crippen molar-refractivity contribution in [2.24, 2.45) is 0 Å². The van der Waals surface area contributed by atoms with Gasteiger partial charge in [-0.05, 0) is 38.8 Å². The molecule has 0 unspecified atom stereocenters. The van der Waals surface area contributed by atoms with Crippen LogP contribution < -0.4 is 16.4 Å². The number of hydrogen-bond donors (Lipinski definition) is 4. The van der Waals surface area contributed by atoms with Gasteiger partial charge in [-0.2, -0.15) is 19.9 Å². The number of carbonyl (C=O) groups excluding carboxylic acids is 1. The number of carbonyl (C=O) groups is 1. The molecule has 0 radical (unpaired) electrons. The number of aliphatic hydroxyl groups excluding tert-OH is 1. The highest BCUT2D eigenvalue weighted by molar-refractivity contribution is 6.33. The number of anilines is 3. The summed E-state index contributed by atoms with van der Waals surface area (Å²) in [6.07, 6.45) is -3.02. The molecule has 0 saturated carbocycles. The van der Waals surface area contributed by atoms with Gasteiger partial charge in [0, 0.05) is 13.1 Å². The van der Waals surface area contributed by atoms with Crippen LogP contribution in [0.15, 0.2) is 43.0 Å². The maximum Gasteiger partial charge on any atom is 0.338 e. The maximum absolute atomic E-state index is 15.4. The first-order chi connectivity index (χ1) is 25.3. The van der Waals surface area contributed by atoms with Crippen molar-refractivity contribution in [3.8, 4) is 0 Å². The molecule has 7 heterocycles. The number of aromatic nitrogens is 8. The van der Waals surface area contributed by atoms with Crippen molar-refractivity contribution >= 4 is 57.6 Å². The lowest BCUT2D eigenvalue weighted by Crippen LogP contribution is -2.45. The normalized spacial score (nSPS) is 29.6. The SMILES string of the molecule is CC[C@H]1O[C@@H](n2cnc3c(Cl)nc(N)nc32)[C@](C)(OC(=O)c2ccccc2)[C@@H]1F.C[C@@]1(O)[C@H](F)[C@@H](CO)O[C@H]1n1cnc2c(N3CCC3)nc(N)nc21. The Hall–Kier alpha value is -4.82. The van der Waals surface area contributed by atoms with E-state index >= 15 is 4.39 Å². The number of esters is 1. The van der Waals surface area contributed by atoms with Crippen LogP contribution in [0.4, 0.5) is 26.5 Å². The topological polar surface area (TPSA) is 228 Å². The van der Waals surface area contributed by atoms with Crippen molar-refractivity contribution in [3.63, 3.8) is 0 Å². The monoisotopic (exact) mass is 757 g/mol. The fourth-order valence-electron chi connectivity index (χ4n) is 6.73. The van der Waals surface area contributed by atoms with Crippen molar-refractivity contribution in [1.82, 2.24) is 39.0 Å². The standard InChI is InChI=1S/C19H19ClFN5O3.C14H19FN6O3/c1-3-11-13(21)19(2,29-16(27)10-7-5-4-6-8-10)17(28-11)26-9-23-12-14(20)24-18(22)25-15(12)26;1-14(23)9(15)7(5-22)24-12(14)21-6-17-8-10(20-3-2-4-20)18-13(16)19-11(8)21/h4-9,11,13,17H,3H2,1-2H3,(H2,22,24,25);6-7,9,12,22-23H,2-5H2,1H3,(H2,16,18,19)/t11-,13-,17-,19-;7-,9-,12-,14-/m11/s1. The van der Waals surface area contributed by atoms with E-state index in [1.807, 2.05) is 4.90 Å². The number of nitrogen functional groups attached to an aromatic ring is 2. The largest absolute Gasteiger partial charge is 0.448 e. The molecule has 53 heavy (non-hydrogen) atoms. The highest BCUT2D eigenvalue weighted by atomic mass is 35.5. The minimum Gasteiger partial charge on any atom is -0.448 e. The molecule has 3 fully saturated rings. The van der Waals surface area contributed by atoms with E-state index in [2.05, 4.69) is 29.9 Å². The van der Waals surface area contributed by atoms with Crippen LogP contribution in [0.5, 0.6) is 0 Å². The minimum atomic E-state index is -1.84. The zero-order valence-corrected chi connectivity index (χ0v) is 29.6. The quantitative estimate of drug-likeness (QED) is 0.138. The molecule has 1 aromatic carbocycles. The van der Waals surface area contributed by atoms with Gasteiger partial charge in [-0.15, -0.1) is 0 Å². The molecule has 0 amide bonds. The number of nitrogens with zero attached hydrogens (tertiary/aromatic N) is 9. The van der Waals surface area contributed by atoms with Gasteiger partial charge >= 0.3 is 5.97 Å². The van der Waals surface area contributed by atoms with E-state index in [4.69, 9.17) is 37.3 Å². The molecule has 3 aliphatic heterocycles. The maximum atomic E-state index is 15.4. The molecule has 0 bridgehead atoms. The summed E-state index contributed by atoms with van der Waals surface area (Å²) >= 11 is 6.10. The highest BCUT2D eigenvalue weighted by Crippen LogP contribution is 2.46. The number of imidazole rings is 2. The van der Waals surface area contributed by atoms with Crippen LogP contribution in [-0.2, 0) is 14.2 Å². The first-order valence-corrected chi connectivity index (χ1v) is 17.3. The first kappa shape index (κ1) is 36.5. The second-order valence-corrected chi connectivity index (χ2v) is 13.7.